The van der Waals surface area contributed by atoms with Gasteiger partial charge in [0.15, 0.2) is 8.32 Å². The number of hydrogen-bond acceptors (Lipinski definition) is 7. The van der Waals surface area contributed by atoms with E-state index in [1.54, 1.807) is 7.11 Å². The van der Waals surface area contributed by atoms with Crippen LogP contribution in [0, 0.1) is 0 Å². The van der Waals surface area contributed by atoms with Crippen LogP contribution >= 0.6 is 0 Å². The van der Waals surface area contributed by atoms with Gasteiger partial charge in [-0.3, -0.25) is 4.79 Å². The molecule has 1 unspecified atom stereocenters. The molecule has 0 N–H and O–H groups in total. The fourth-order valence-corrected chi connectivity index (χ4v) is 3.60. The molecular formula is C19H38O7Si. The SMILES string of the molecule is COCCOCO[C@@H]1CCC(OC(C)=O)O[C@@H]1CCO[Si](C)(C)C(C)(C)C. The number of carbonyl (C=O) groups is 1. The third kappa shape index (κ3) is 9.02. The molecule has 0 radical (unpaired) electrons. The van der Waals surface area contributed by atoms with Gasteiger partial charge in [0.1, 0.15) is 6.79 Å². The summed E-state index contributed by atoms with van der Waals surface area (Å²) in [4.78, 5) is 11.2. The van der Waals surface area contributed by atoms with Crippen LogP contribution in [0.25, 0.3) is 0 Å². The summed E-state index contributed by atoms with van der Waals surface area (Å²) in [7, 11) is -0.184. The predicted octanol–water partition coefficient (Wildman–Crippen LogP) is 3.47. The Morgan fingerprint density at radius 2 is 1.85 bits per heavy atom. The molecule has 1 fully saturated rings. The van der Waals surface area contributed by atoms with E-state index in [0.717, 1.165) is 6.42 Å². The zero-order valence-corrected chi connectivity index (χ0v) is 19.0. The molecule has 1 rings (SSSR count). The van der Waals surface area contributed by atoms with Gasteiger partial charge in [-0.2, -0.15) is 0 Å². The van der Waals surface area contributed by atoms with E-state index >= 15 is 0 Å². The second kappa shape index (κ2) is 11.5. The first kappa shape index (κ1) is 24.5. The number of rotatable bonds is 11. The minimum absolute atomic E-state index is 0.109. The van der Waals surface area contributed by atoms with Crippen LogP contribution in [-0.2, 0) is 32.9 Å². The molecule has 1 saturated heterocycles. The fraction of sp³-hybridized carbons (Fsp3) is 0.947. The normalized spacial score (nSPS) is 24.0. The zero-order valence-electron chi connectivity index (χ0n) is 18.0. The van der Waals surface area contributed by atoms with Crippen LogP contribution in [0.4, 0.5) is 0 Å². The van der Waals surface area contributed by atoms with Gasteiger partial charge in [-0.1, -0.05) is 20.8 Å². The van der Waals surface area contributed by atoms with E-state index in [4.69, 9.17) is 28.1 Å². The first-order valence-electron chi connectivity index (χ1n) is 9.71. The summed E-state index contributed by atoms with van der Waals surface area (Å²) in [5, 5.41) is 0.159. The second-order valence-corrected chi connectivity index (χ2v) is 13.2. The minimum atomic E-state index is -1.82. The highest BCUT2D eigenvalue weighted by Crippen LogP contribution is 2.37. The Kier molecular flexibility index (Phi) is 10.4. The van der Waals surface area contributed by atoms with Gasteiger partial charge in [0.25, 0.3) is 0 Å². The smallest absolute Gasteiger partial charge is 0.304 e. The predicted molar refractivity (Wildman–Crippen MR) is 105 cm³/mol. The topological polar surface area (TPSA) is 72.5 Å². The fourth-order valence-electron chi connectivity index (χ4n) is 2.54. The van der Waals surface area contributed by atoms with Crippen molar-refractivity contribution in [1.29, 1.82) is 0 Å². The molecule has 0 aliphatic carbocycles. The monoisotopic (exact) mass is 406 g/mol. The summed E-state index contributed by atoms with van der Waals surface area (Å²) >= 11 is 0. The third-order valence-electron chi connectivity index (χ3n) is 5.19. The van der Waals surface area contributed by atoms with Gasteiger partial charge in [0.05, 0.1) is 25.4 Å². The van der Waals surface area contributed by atoms with Crippen LogP contribution in [0.1, 0.15) is 47.0 Å². The van der Waals surface area contributed by atoms with Crippen molar-refractivity contribution in [3.8, 4) is 0 Å². The quantitative estimate of drug-likeness (QED) is 0.225. The first-order chi connectivity index (χ1) is 12.6. The lowest BCUT2D eigenvalue weighted by Crippen LogP contribution is -2.45. The van der Waals surface area contributed by atoms with Crippen molar-refractivity contribution in [2.24, 2.45) is 0 Å². The molecule has 160 valence electrons. The highest BCUT2D eigenvalue weighted by Gasteiger charge is 2.38. The van der Waals surface area contributed by atoms with Crippen molar-refractivity contribution >= 4 is 14.3 Å². The molecule has 7 nitrogen and oxygen atoms in total. The Hall–Kier alpha value is -0.513. The van der Waals surface area contributed by atoms with E-state index in [2.05, 4.69) is 33.9 Å². The van der Waals surface area contributed by atoms with Gasteiger partial charge in [0.2, 0.25) is 6.29 Å². The van der Waals surface area contributed by atoms with Gasteiger partial charge in [-0.15, -0.1) is 0 Å². The average molecular weight is 407 g/mol. The van der Waals surface area contributed by atoms with Crippen molar-refractivity contribution < 1.29 is 32.9 Å². The maximum Gasteiger partial charge on any atom is 0.304 e. The van der Waals surface area contributed by atoms with Crippen molar-refractivity contribution in [1.82, 2.24) is 0 Å². The molecule has 0 spiro atoms. The van der Waals surface area contributed by atoms with Crippen molar-refractivity contribution in [2.45, 2.75) is 83.6 Å². The van der Waals surface area contributed by atoms with Crippen LogP contribution in [0.3, 0.4) is 0 Å². The zero-order chi connectivity index (χ0) is 20.5. The lowest BCUT2D eigenvalue weighted by Gasteiger charge is -2.38. The minimum Gasteiger partial charge on any atom is -0.436 e. The molecular weight excluding hydrogens is 368 g/mol. The van der Waals surface area contributed by atoms with E-state index in [9.17, 15) is 4.79 Å². The molecule has 0 aromatic heterocycles. The molecule has 3 atom stereocenters. The second-order valence-electron chi connectivity index (χ2n) is 8.41. The Balaban J connectivity index is 2.55. The van der Waals surface area contributed by atoms with Crippen LogP contribution in [0.5, 0.6) is 0 Å². The van der Waals surface area contributed by atoms with Crippen LogP contribution in [-0.4, -0.2) is 66.5 Å². The van der Waals surface area contributed by atoms with E-state index in [-0.39, 0.29) is 30.0 Å². The molecule has 27 heavy (non-hydrogen) atoms. The van der Waals surface area contributed by atoms with Gasteiger partial charge in [-0.25, -0.2) is 0 Å². The molecule has 8 heteroatoms. The standard InChI is InChI=1S/C19H38O7Si/c1-15(20)25-18-9-8-16(23-14-22-13-12-21-5)17(26-18)10-11-24-27(6,7)19(2,3)4/h16-18H,8-14H2,1-7H3/t16-,17-,18?/m1/s1. The van der Waals surface area contributed by atoms with Crippen molar-refractivity contribution in [3.63, 3.8) is 0 Å². The number of carbonyl (C=O) groups excluding carboxylic acids is 1. The highest BCUT2D eigenvalue weighted by molar-refractivity contribution is 6.74. The lowest BCUT2D eigenvalue weighted by molar-refractivity contribution is -0.240. The number of esters is 1. The average Bonchev–Trinajstić information content (AvgIpc) is 2.54. The van der Waals surface area contributed by atoms with E-state index in [0.29, 0.717) is 32.7 Å². The Morgan fingerprint density at radius 1 is 1.15 bits per heavy atom. The maximum atomic E-state index is 11.2. The highest BCUT2D eigenvalue weighted by atomic mass is 28.4. The lowest BCUT2D eigenvalue weighted by atomic mass is 10.0. The Bertz CT molecular complexity index is 436. The molecule has 0 aromatic carbocycles. The summed E-state index contributed by atoms with van der Waals surface area (Å²) < 4.78 is 33.7. The third-order valence-corrected chi connectivity index (χ3v) is 9.73. The largest absolute Gasteiger partial charge is 0.436 e. The molecule has 1 heterocycles. The van der Waals surface area contributed by atoms with E-state index in [1.807, 2.05) is 0 Å². The van der Waals surface area contributed by atoms with Gasteiger partial charge in [0, 0.05) is 27.1 Å². The van der Waals surface area contributed by atoms with Crippen molar-refractivity contribution in [2.75, 3.05) is 33.7 Å². The number of methoxy groups -OCH3 is 1. The van der Waals surface area contributed by atoms with Gasteiger partial charge >= 0.3 is 5.97 Å². The van der Waals surface area contributed by atoms with Gasteiger partial charge in [-0.05, 0) is 31.0 Å². The first-order valence-corrected chi connectivity index (χ1v) is 12.6. The molecule has 1 aliphatic rings. The summed E-state index contributed by atoms with van der Waals surface area (Å²) in [6.45, 7) is 14.3. The Labute approximate surface area is 165 Å². The van der Waals surface area contributed by atoms with E-state index in [1.165, 1.54) is 6.92 Å². The molecule has 0 amide bonds. The van der Waals surface area contributed by atoms with E-state index < -0.39 is 14.6 Å². The summed E-state index contributed by atoms with van der Waals surface area (Å²) in [5.41, 5.74) is 0. The molecule has 0 bridgehead atoms. The summed E-state index contributed by atoms with van der Waals surface area (Å²) in [6, 6.07) is 0. The van der Waals surface area contributed by atoms with Crippen LogP contribution < -0.4 is 0 Å². The maximum absolute atomic E-state index is 11.2. The molecule has 0 aromatic rings. The van der Waals surface area contributed by atoms with Crippen LogP contribution in [0.2, 0.25) is 18.1 Å². The summed E-state index contributed by atoms with van der Waals surface area (Å²) in [5.74, 6) is -0.335. The molecule has 0 saturated carbocycles. The number of hydrogen-bond donors (Lipinski definition) is 0. The van der Waals surface area contributed by atoms with Crippen LogP contribution in [0.15, 0.2) is 0 Å². The Morgan fingerprint density at radius 3 is 2.44 bits per heavy atom. The summed E-state index contributed by atoms with van der Waals surface area (Å²) in [6.07, 6.45) is 1.22. The number of ether oxygens (including phenoxy) is 5. The molecule has 1 aliphatic heterocycles. The van der Waals surface area contributed by atoms with Crippen molar-refractivity contribution in [3.05, 3.63) is 0 Å². The van der Waals surface area contributed by atoms with Gasteiger partial charge < -0.3 is 28.1 Å².